The minimum absolute atomic E-state index is 0.822. The molecule has 12 heavy (non-hydrogen) atoms. The van der Waals surface area contributed by atoms with E-state index in [4.69, 9.17) is 0 Å². The molecular formula is C11H19Br. The molecule has 0 aromatic carbocycles. The van der Waals surface area contributed by atoms with Gasteiger partial charge in [0.2, 0.25) is 0 Å². The van der Waals surface area contributed by atoms with Crippen LogP contribution in [0.3, 0.4) is 0 Å². The van der Waals surface area contributed by atoms with Crippen LogP contribution in [0.1, 0.15) is 51.9 Å². The highest BCUT2D eigenvalue weighted by molar-refractivity contribution is 9.09. The van der Waals surface area contributed by atoms with Gasteiger partial charge in [-0.05, 0) is 6.42 Å². The number of hydrogen-bond donors (Lipinski definition) is 0. The van der Waals surface area contributed by atoms with E-state index in [0.29, 0.717) is 0 Å². The lowest BCUT2D eigenvalue weighted by atomic mass is 10.1. The van der Waals surface area contributed by atoms with Gasteiger partial charge in [-0.3, -0.25) is 0 Å². The van der Waals surface area contributed by atoms with Crippen LogP contribution >= 0.6 is 15.9 Å². The normalized spacial score (nSPS) is 9.17. The molecule has 0 nitrogen and oxygen atoms in total. The lowest BCUT2D eigenvalue weighted by Crippen LogP contribution is -1.77. The summed E-state index contributed by atoms with van der Waals surface area (Å²) in [6.45, 7) is 2.25. The largest absolute Gasteiger partial charge is 0.102 e. The van der Waals surface area contributed by atoms with Gasteiger partial charge in [-0.2, -0.15) is 0 Å². The minimum Gasteiger partial charge on any atom is -0.102 e. The van der Waals surface area contributed by atoms with Crippen molar-refractivity contribution in [2.75, 3.05) is 5.33 Å². The van der Waals surface area contributed by atoms with Crippen molar-refractivity contribution in [1.29, 1.82) is 0 Å². The molecule has 0 heterocycles. The van der Waals surface area contributed by atoms with E-state index >= 15 is 0 Å². The Morgan fingerprint density at radius 2 is 1.58 bits per heavy atom. The highest BCUT2D eigenvalue weighted by Gasteiger charge is 1.87. The maximum atomic E-state index is 3.28. The van der Waals surface area contributed by atoms with E-state index in [0.717, 1.165) is 11.8 Å². The van der Waals surface area contributed by atoms with Crippen LogP contribution in [0.15, 0.2) is 0 Å². The molecule has 0 aliphatic carbocycles. The van der Waals surface area contributed by atoms with Crippen LogP contribution in [0, 0.1) is 11.8 Å². The van der Waals surface area contributed by atoms with Crippen LogP contribution in [-0.4, -0.2) is 5.33 Å². The molecule has 0 radical (unpaired) electrons. The lowest BCUT2D eigenvalue weighted by molar-refractivity contribution is 0.614. The Labute approximate surface area is 85.3 Å². The highest BCUT2D eigenvalue weighted by atomic mass is 79.9. The molecule has 0 aromatic rings. The Morgan fingerprint density at radius 3 is 2.25 bits per heavy atom. The molecule has 0 fully saturated rings. The van der Waals surface area contributed by atoms with Crippen molar-refractivity contribution in [1.82, 2.24) is 0 Å². The van der Waals surface area contributed by atoms with E-state index in [9.17, 15) is 0 Å². The third-order valence-electron chi connectivity index (χ3n) is 1.85. The fourth-order valence-electron chi connectivity index (χ4n) is 1.13. The number of unbranched alkanes of at least 4 members (excludes halogenated alkanes) is 6. The maximum absolute atomic E-state index is 3.28. The summed E-state index contributed by atoms with van der Waals surface area (Å²) in [5.41, 5.74) is 0. The molecule has 0 N–H and O–H groups in total. The molecule has 0 saturated carbocycles. The molecule has 0 bridgehead atoms. The quantitative estimate of drug-likeness (QED) is 0.366. The van der Waals surface area contributed by atoms with E-state index in [1.54, 1.807) is 0 Å². The van der Waals surface area contributed by atoms with Crippen molar-refractivity contribution >= 4 is 15.9 Å². The summed E-state index contributed by atoms with van der Waals surface area (Å²) in [4.78, 5) is 0. The summed E-state index contributed by atoms with van der Waals surface area (Å²) in [7, 11) is 0. The molecule has 0 spiro atoms. The van der Waals surface area contributed by atoms with Gasteiger partial charge in [0.1, 0.15) is 0 Å². The Bertz CT molecular complexity index is 130. The van der Waals surface area contributed by atoms with E-state index < -0.39 is 0 Å². The van der Waals surface area contributed by atoms with Gasteiger partial charge in [-0.15, -0.1) is 5.92 Å². The van der Waals surface area contributed by atoms with Gasteiger partial charge in [0.15, 0.2) is 0 Å². The van der Waals surface area contributed by atoms with Crippen LogP contribution in [-0.2, 0) is 0 Å². The van der Waals surface area contributed by atoms with Gasteiger partial charge in [0, 0.05) is 6.42 Å². The summed E-state index contributed by atoms with van der Waals surface area (Å²) < 4.78 is 0. The van der Waals surface area contributed by atoms with Gasteiger partial charge < -0.3 is 0 Å². The standard InChI is InChI=1S/C11H19Br/c1-2-3-4-5-6-7-8-9-10-11-12/h2-8,11H2,1H3. The average molecular weight is 231 g/mol. The zero-order valence-electron chi connectivity index (χ0n) is 8.03. The van der Waals surface area contributed by atoms with Crippen molar-refractivity contribution in [3.05, 3.63) is 0 Å². The molecule has 0 atom stereocenters. The van der Waals surface area contributed by atoms with Crippen molar-refractivity contribution in [2.24, 2.45) is 0 Å². The molecular weight excluding hydrogens is 212 g/mol. The Morgan fingerprint density at radius 1 is 0.917 bits per heavy atom. The Hall–Kier alpha value is 0.0400. The van der Waals surface area contributed by atoms with Crippen LogP contribution in [0.4, 0.5) is 0 Å². The fourth-order valence-corrected chi connectivity index (χ4v) is 1.33. The molecule has 0 unspecified atom stereocenters. The van der Waals surface area contributed by atoms with Crippen LogP contribution in [0.2, 0.25) is 0 Å². The summed E-state index contributed by atoms with van der Waals surface area (Å²) in [6, 6.07) is 0. The van der Waals surface area contributed by atoms with Crippen molar-refractivity contribution < 1.29 is 0 Å². The van der Waals surface area contributed by atoms with Crippen LogP contribution in [0.5, 0.6) is 0 Å². The van der Waals surface area contributed by atoms with Gasteiger partial charge >= 0.3 is 0 Å². The number of rotatable bonds is 6. The van der Waals surface area contributed by atoms with Gasteiger partial charge in [-0.25, -0.2) is 0 Å². The summed E-state index contributed by atoms with van der Waals surface area (Å²) >= 11 is 3.28. The van der Waals surface area contributed by atoms with E-state index in [-0.39, 0.29) is 0 Å². The number of hydrogen-bond acceptors (Lipinski definition) is 0. The van der Waals surface area contributed by atoms with E-state index in [1.807, 2.05) is 0 Å². The second-order valence-electron chi connectivity index (χ2n) is 3.00. The SMILES string of the molecule is CCCCCCCCC#CCBr. The number of halogens is 1. The minimum atomic E-state index is 0.822. The molecule has 0 aliphatic rings. The van der Waals surface area contributed by atoms with Gasteiger partial charge in [0.25, 0.3) is 0 Å². The molecule has 0 aromatic heterocycles. The smallest absolute Gasteiger partial charge is 0.0645 e. The first kappa shape index (κ1) is 12.0. The van der Waals surface area contributed by atoms with E-state index in [1.165, 1.54) is 38.5 Å². The Balaban J connectivity index is 2.91. The van der Waals surface area contributed by atoms with Crippen LogP contribution in [0.25, 0.3) is 0 Å². The maximum Gasteiger partial charge on any atom is 0.0645 e. The summed E-state index contributed by atoms with van der Waals surface area (Å²) in [6.07, 6.45) is 9.25. The third kappa shape index (κ3) is 10.0. The first-order valence-electron chi connectivity index (χ1n) is 4.93. The number of alkyl halides is 1. The highest BCUT2D eigenvalue weighted by Crippen LogP contribution is 2.05. The van der Waals surface area contributed by atoms with Crippen molar-refractivity contribution in [3.8, 4) is 11.8 Å². The Kier molecular flexibility index (Phi) is 11.1. The van der Waals surface area contributed by atoms with E-state index in [2.05, 4.69) is 34.7 Å². The van der Waals surface area contributed by atoms with Gasteiger partial charge in [0.05, 0.1) is 5.33 Å². The predicted molar refractivity (Wildman–Crippen MR) is 59.6 cm³/mol. The molecule has 0 rings (SSSR count). The first-order chi connectivity index (χ1) is 5.91. The van der Waals surface area contributed by atoms with Crippen LogP contribution < -0.4 is 0 Å². The molecule has 70 valence electrons. The van der Waals surface area contributed by atoms with Crippen molar-refractivity contribution in [3.63, 3.8) is 0 Å². The summed E-state index contributed by atoms with van der Waals surface area (Å²) in [5, 5.41) is 0.822. The fraction of sp³-hybridized carbons (Fsp3) is 0.818. The zero-order chi connectivity index (χ0) is 9.07. The monoisotopic (exact) mass is 230 g/mol. The third-order valence-corrected chi connectivity index (χ3v) is 2.13. The molecule has 1 heteroatoms. The van der Waals surface area contributed by atoms with Gasteiger partial charge in [-0.1, -0.05) is 60.9 Å². The second-order valence-corrected chi connectivity index (χ2v) is 3.57. The zero-order valence-corrected chi connectivity index (χ0v) is 9.62. The summed E-state index contributed by atoms with van der Waals surface area (Å²) in [5.74, 6) is 6.15. The predicted octanol–water partition coefficient (Wildman–Crippen LogP) is 4.14. The molecule has 0 aliphatic heterocycles. The lowest BCUT2D eigenvalue weighted by Gasteiger charge is -1.96. The first-order valence-corrected chi connectivity index (χ1v) is 6.05. The molecule has 0 amide bonds. The average Bonchev–Trinajstić information content (AvgIpc) is 2.10. The second kappa shape index (κ2) is 11.0. The molecule has 0 saturated heterocycles. The van der Waals surface area contributed by atoms with Crippen molar-refractivity contribution in [2.45, 2.75) is 51.9 Å². The topological polar surface area (TPSA) is 0 Å².